The lowest BCUT2D eigenvalue weighted by Gasteiger charge is -2.22. The molecule has 0 aliphatic heterocycles. The van der Waals surface area contributed by atoms with E-state index in [1.807, 2.05) is 13.8 Å². The molecule has 0 bridgehead atoms. The largest absolute Gasteiger partial charge is 0.480 e. The van der Waals surface area contributed by atoms with Crippen LogP contribution in [0.15, 0.2) is 63.9 Å². The van der Waals surface area contributed by atoms with Gasteiger partial charge in [0.2, 0.25) is 5.91 Å². The number of carbonyl (C=O) groups excluding carboxylic acids is 2. The number of hydrogen-bond acceptors (Lipinski definition) is 6. The maximum Gasteiger partial charge on any atom is 0.326 e. The van der Waals surface area contributed by atoms with Crippen LogP contribution in [0.5, 0.6) is 0 Å². The Kier molecular flexibility index (Phi) is 7.77. The second-order valence-electron chi connectivity index (χ2n) is 10.3. The highest BCUT2D eigenvalue weighted by atomic mass is 32.1. The Bertz CT molecular complexity index is 1830. The molecular weight excluding hydrogens is 556 g/mol. The monoisotopic (exact) mass is 584 g/mol. The van der Waals surface area contributed by atoms with Crippen LogP contribution < -0.4 is 16.7 Å². The van der Waals surface area contributed by atoms with Gasteiger partial charge in [-0.2, -0.15) is 0 Å². The molecule has 214 valence electrons. The van der Waals surface area contributed by atoms with Crippen LogP contribution >= 0.6 is 12.2 Å². The number of nitrogens with two attached hydrogens (primary N) is 1. The van der Waals surface area contributed by atoms with Crippen LogP contribution in [0.4, 0.5) is 0 Å². The highest BCUT2D eigenvalue weighted by Gasteiger charge is 2.27. The number of rotatable bonds is 8. The van der Waals surface area contributed by atoms with Gasteiger partial charge in [0, 0.05) is 17.7 Å². The first-order valence-electron chi connectivity index (χ1n) is 13.1. The number of aromatic nitrogens is 2. The number of benzene rings is 2. The van der Waals surface area contributed by atoms with Crippen molar-refractivity contribution in [3.63, 3.8) is 0 Å². The van der Waals surface area contributed by atoms with Gasteiger partial charge in [-0.25, -0.2) is 9.59 Å². The van der Waals surface area contributed by atoms with Gasteiger partial charge in [-0.1, -0.05) is 71.9 Å². The SMILES string of the molecule is Cc1ccc2c(c1)C=Cc1cc(C)ccc1C2c1cn(Cc2ccc(C(=O)N[C@@H](CC(N)=O)C(=O)O)o2)c(=O)[nH]c1=S. The molecule has 0 spiro atoms. The molecule has 10 nitrogen and oxygen atoms in total. The number of aryl methyl sites for hydroxylation is 2. The molecule has 0 saturated heterocycles. The summed E-state index contributed by atoms with van der Waals surface area (Å²) in [4.78, 5) is 50.9. The summed E-state index contributed by atoms with van der Waals surface area (Å²) in [5, 5.41) is 11.5. The molecule has 0 fully saturated rings. The lowest BCUT2D eigenvalue weighted by Crippen LogP contribution is -2.43. The smallest absolute Gasteiger partial charge is 0.326 e. The first-order valence-corrected chi connectivity index (χ1v) is 13.5. The minimum atomic E-state index is -1.50. The molecule has 2 heterocycles. The standard InChI is InChI=1S/C31H28N4O6S/c1-16-3-8-21-18(11-16)5-6-19-12-17(2)4-9-22(19)27(21)23-15-35(31(40)34-29(23)42)14-20-7-10-25(41-20)28(37)33-24(30(38)39)13-26(32)36/h3-12,15,24,27H,13-14H2,1-2H3,(H2,32,36)(H,33,37)(H,38,39)(H,34,40,42)/t24-/m0/s1. The van der Waals surface area contributed by atoms with Crippen LogP contribution in [0, 0.1) is 18.5 Å². The van der Waals surface area contributed by atoms with Gasteiger partial charge in [0.1, 0.15) is 16.4 Å². The van der Waals surface area contributed by atoms with E-state index in [1.54, 1.807) is 6.20 Å². The summed E-state index contributed by atoms with van der Waals surface area (Å²) in [6.07, 6.45) is 5.33. The molecule has 0 unspecified atom stereocenters. The highest BCUT2D eigenvalue weighted by molar-refractivity contribution is 7.71. The molecule has 5 rings (SSSR count). The van der Waals surface area contributed by atoms with Crippen molar-refractivity contribution in [1.29, 1.82) is 0 Å². The van der Waals surface area contributed by atoms with Crippen LogP contribution in [-0.2, 0) is 16.1 Å². The van der Waals surface area contributed by atoms with E-state index >= 15 is 0 Å². The van der Waals surface area contributed by atoms with Crippen LogP contribution in [0.2, 0.25) is 0 Å². The molecule has 1 aliphatic rings. The number of H-pyrrole nitrogens is 1. The normalized spacial score (nSPS) is 13.1. The Balaban J connectivity index is 1.50. The van der Waals surface area contributed by atoms with E-state index in [2.05, 4.69) is 58.9 Å². The lowest BCUT2D eigenvalue weighted by atomic mass is 9.83. The van der Waals surface area contributed by atoms with Crippen molar-refractivity contribution in [2.24, 2.45) is 5.73 Å². The molecule has 2 aromatic heterocycles. The van der Waals surface area contributed by atoms with Crippen LogP contribution in [0.25, 0.3) is 12.2 Å². The first-order chi connectivity index (χ1) is 20.0. The molecular formula is C31H28N4O6S. The molecule has 4 aromatic rings. The van der Waals surface area contributed by atoms with Crippen molar-refractivity contribution in [2.45, 2.75) is 38.8 Å². The number of carboxylic acids is 1. The van der Waals surface area contributed by atoms with E-state index in [0.29, 0.717) is 4.64 Å². The van der Waals surface area contributed by atoms with E-state index in [-0.39, 0.29) is 24.0 Å². The molecule has 2 aromatic carbocycles. The fourth-order valence-electron chi connectivity index (χ4n) is 5.12. The van der Waals surface area contributed by atoms with Gasteiger partial charge in [0.25, 0.3) is 5.91 Å². The second-order valence-corrected chi connectivity index (χ2v) is 10.7. The summed E-state index contributed by atoms with van der Waals surface area (Å²) < 4.78 is 7.36. The summed E-state index contributed by atoms with van der Waals surface area (Å²) in [5.41, 5.74) is 11.8. The molecule has 0 saturated carbocycles. The van der Waals surface area contributed by atoms with Crippen molar-refractivity contribution in [2.75, 3.05) is 0 Å². The van der Waals surface area contributed by atoms with Gasteiger partial charge >= 0.3 is 11.7 Å². The zero-order valence-electron chi connectivity index (χ0n) is 22.8. The zero-order valence-corrected chi connectivity index (χ0v) is 23.7. The van der Waals surface area contributed by atoms with Crippen molar-refractivity contribution >= 4 is 42.2 Å². The van der Waals surface area contributed by atoms with E-state index in [9.17, 15) is 24.3 Å². The van der Waals surface area contributed by atoms with Crippen LogP contribution in [0.1, 0.15) is 67.6 Å². The number of furan rings is 1. The Morgan fingerprint density at radius 2 is 1.64 bits per heavy atom. The molecule has 42 heavy (non-hydrogen) atoms. The van der Waals surface area contributed by atoms with Crippen molar-refractivity contribution < 1.29 is 23.9 Å². The first kappa shape index (κ1) is 28.5. The molecule has 0 radical (unpaired) electrons. The Labute approximate surface area is 245 Å². The maximum atomic E-state index is 13.0. The van der Waals surface area contributed by atoms with Crippen LogP contribution in [-0.4, -0.2) is 38.5 Å². The number of amides is 2. The van der Waals surface area contributed by atoms with Crippen molar-refractivity contribution in [3.05, 3.63) is 120 Å². The number of nitrogens with one attached hydrogen (secondary N) is 2. The number of nitrogens with zero attached hydrogens (tertiary/aromatic N) is 1. The number of primary amides is 1. The van der Waals surface area contributed by atoms with Crippen LogP contribution in [0.3, 0.4) is 0 Å². The zero-order chi connectivity index (χ0) is 30.1. The fraction of sp³-hybridized carbons (Fsp3) is 0.194. The summed E-state index contributed by atoms with van der Waals surface area (Å²) >= 11 is 5.68. The average molecular weight is 585 g/mol. The fourth-order valence-corrected chi connectivity index (χ4v) is 5.38. The Morgan fingerprint density at radius 3 is 2.21 bits per heavy atom. The molecule has 1 aliphatic carbocycles. The number of carboxylic acid groups (broad SMARTS) is 1. The van der Waals surface area contributed by atoms with Gasteiger partial charge in [-0.3, -0.25) is 19.1 Å². The maximum absolute atomic E-state index is 13.0. The average Bonchev–Trinajstić information content (AvgIpc) is 3.33. The third kappa shape index (κ3) is 5.86. The van der Waals surface area contributed by atoms with Gasteiger partial charge in [0.05, 0.1) is 13.0 Å². The minimum absolute atomic E-state index is 0.0264. The lowest BCUT2D eigenvalue weighted by molar-refractivity contribution is -0.140. The third-order valence-electron chi connectivity index (χ3n) is 7.12. The third-order valence-corrected chi connectivity index (χ3v) is 7.46. The molecule has 11 heteroatoms. The molecule has 2 amide bonds. The highest BCUT2D eigenvalue weighted by Crippen LogP contribution is 2.39. The van der Waals surface area contributed by atoms with Gasteiger partial charge < -0.3 is 20.6 Å². The number of aliphatic carboxylic acids is 1. The van der Waals surface area contributed by atoms with E-state index in [0.717, 1.165) is 38.9 Å². The summed E-state index contributed by atoms with van der Waals surface area (Å²) in [6, 6.07) is 13.9. The van der Waals surface area contributed by atoms with E-state index < -0.39 is 35.9 Å². The summed E-state index contributed by atoms with van der Waals surface area (Å²) in [6.45, 7) is 4.05. The second kappa shape index (κ2) is 11.5. The quantitative estimate of drug-likeness (QED) is 0.201. The summed E-state index contributed by atoms with van der Waals surface area (Å²) in [7, 11) is 0. The Hall–Kier alpha value is -5.03. The van der Waals surface area contributed by atoms with Crippen molar-refractivity contribution in [1.82, 2.24) is 14.9 Å². The number of carbonyl (C=O) groups is 3. The van der Waals surface area contributed by atoms with E-state index in [4.69, 9.17) is 22.4 Å². The number of fused-ring (bicyclic) bond motifs is 2. The molecule has 5 N–H and O–H groups in total. The minimum Gasteiger partial charge on any atom is -0.480 e. The Morgan fingerprint density at radius 1 is 1.02 bits per heavy atom. The van der Waals surface area contributed by atoms with E-state index in [1.165, 1.54) is 16.7 Å². The number of hydrogen-bond donors (Lipinski definition) is 4. The van der Waals surface area contributed by atoms with Gasteiger partial charge in [-0.15, -0.1) is 0 Å². The number of aromatic amines is 1. The van der Waals surface area contributed by atoms with Gasteiger partial charge in [0.15, 0.2) is 5.76 Å². The predicted molar refractivity (Wildman–Crippen MR) is 159 cm³/mol. The predicted octanol–water partition coefficient (Wildman–Crippen LogP) is 3.89. The topological polar surface area (TPSA) is 160 Å². The van der Waals surface area contributed by atoms with Gasteiger partial charge in [-0.05, 0) is 48.2 Å². The molecule has 1 atom stereocenters. The van der Waals surface area contributed by atoms with Crippen molar-refractivity contribution in [3.8, 4) is 0 Å². The summed E-state index contributed by atoms with van der Waals surface area (Å²) in [5.74, 6) is -3.29.